The van der Waals surface area contributed by atoms with Crippen molar-refractivity contribution in [3.63, 3.8) is 0 Å². The fraction of sp³-hybridized carbons (Fsp3) is 0.875. The molecule has 2 atom stereocenters. The molecule has 1 heterocycles. The van der Waals surface area contributed by atoms with Crippen molar-refractivity contribution in [1.82, 2.24) is 10.2 Å². The highest BCUT2D eigenvalue weighted by molar-refractivity contribution is 7.98. The summed E-state index contributed by atoms with van der Waals surface area (Å²) >= 11 is 1.78. The lowest BCUT2D eigenvalue weighted by atomic mass is 9.80. The van der Waals surface area contributed by atoms with Crippen molar-refractivity contribution in [3.8, 4) is 0 Å². The largest absolute Gasteiger partial charge is 0.342 e. The Balaban J connectivity index is 2.26. The lowest BCUT2D eigenvalue weighted by molar-refractivity contribution is -0.161. The summed E-state index contributed by atoms with van der Waals surface area (Å²) in [4.78, 5) is 27.6. The predicted molar refractivity (Wildman–Crippen MR) is 87.2 cm³/mol. The maximum atomic E-state index is 13.0. The summed E-state index contributed by atoms with van der Waals surface area (Å²) in [7, 11) is 0. The van der Waals surface area contributed by atoms with E-state index in [1.807, 2.05) is 32.6 Å². The minimum absolute atomic E-state index is 0.0358. The van der Waals surface area contributed by atoms with Gasteiger partial charge in [-0.25, -0.2) is 0 Å². The van der Waals surface area contributed by atoms with E-state index in [0.29, 0.717) is 12.5 Å². The third kappa shape index (κ3) is 3.08. The van der Waals surface area contributed by atoms with Gasteiger partial charge in [0.1, 0.15) is 11.6 Å². The molecule has 0 spiro atoms. The molecule has 2 rings (SSSR count). The van der Waals surface area contributed by atoms with Gasteiger partial charge in [0.05, 0.1) is 0 Å². The number of piperazine rings is 1. The average molecular weight is 312 g/mol. The van der Waals surface area contributed by atoms with Crippen molar-refractivity contribution in [2.75, 3.05) is 18.6 Å². The highest BCUT2D eigenvalue weighted by Crippen LogP contribution is 2.45. The fourth-order valence-electron chi connectivity index (χ4n) is 3.19. The Labute approximate surface area is 132 Å². The molecule has 0 aromatic carbocycles. The van der Waals surface area contributed by atoms with Crippen LogP contribution < -0.4 is 5.32 Å². The number of hydrogen-bond donors (Lipinski definition) is 1. The van der Waals surface area contributed by atoms with E-state index in [0.717, 1.165) is 25.0 Å². The van der Waals surface area contributed by atoms with Gasteiger partial charge in [-0.05, 0) is 49.5 Å². The second-order valence-corrected chi connectivity index (χ2v) is 8.52. The Morgan fingerprint density at radius 3 is 2.43 bits per heavy atom. The summed E-state index contributed by atoms with van der Waals surface area (Å²) in [5.74, 6) is 1.48. The number of hydrogen-bond acceptors (Lipinski definition) is 3. The first-order valence-electron chi connectivity index (χ1n) is 7.84. The highest BCUT2D eigenvalue weighted by Gasteiger charge is 2.58. The van der Waals surface area contributed by atoms with E-state index in [1.54, 1.807) is 11.8 Å². The topological polar surface area (TPSA) is 49.4 Å². The van der Waals surface area contributed by atoms with Crippen LogP contribution in [0.25, 0.3) is 0 Å². The molecule has 4 nitrogen and oxygen atoms in total. The summed E-state index contributed by atoms with van der Waals surface area (Å²) in [5, 5.41) is 3.00. The highest BCUT2D eigenvalue weighted by atomic mass is 32.2. The molecule has 0 aromatic heterocycles. The standard InChI is InChI=1S/C16H28N2O2S/c1-15(2,3)12-13(19)18(9-6-10-21-5)16(4,11-7-8-11)14(20)17-12/h11-12H,6-10H2,1-5H3,(H,17,20). The second-order valence-electron chi connectivity index (χ2n) is 7.53. The maximum Gasteiger partial charge on any atom is 0.246 e. The minimum atomic E-state index is -0.642. The number of nitrogens with one attached hydrogen (secondary N) is 1. The molecule has 1 saturated heterocycles. The Morgan fingerprint density at radius 1 is 1.33 bits per heavy atom. The van der Waals surface area contributed by atoms with Gasteiger partial charge in [0.15, 0.2) is 0 Å². The van der Waals surface area contributed by atoms with Crippen LogP contribution in [-0.2, 0) is 9.59 Å². The number of carbonyl (C=O) groups excluding carboxylic acids is 2. The van der Waals surface area contributed by atoms with E-state index < -0.39 is 11.6 Å². The predicted octanol–water partition coefficient (Wildman–Crippen LogP) is 2.28. The number of amides is 2. The quantitative estimate of drug-likeness (QED) is 0.792. The molecule has 1 saturated carbocycles. The number of nitrogens with zero attached hydrogens (tertiary/aromatic N) is 1. The van der Waals surface area contributed by atoms with Gasteiger partial charge in [-0.1, -0.05) is 20.8 Å². The van der Waals surface area contributed by atoms with Gasteiger partial charge in [-0.15, -0.1) is 0 Å². The van der Waals surface area contributed by atoms with Crippen molar-refractivity contribution in [2.24, 2.45) is 11.3 Å². The number of rotatable bonds is 5. The normalized spacial score (nSPS) is 30.5. The van der Waals surface area contributed by atoms with E-state index >= 15 is 0 Å². The second kappa shape index (κ2) is 5.82. The van der Waals surface area contributed by atoms with Crippen molar-refractivity contribution in [3.05, 3.63) is 0 Å². The Hall–Kier alpha value is -0.710. The van der Waals surface area contributed by atoms with Gasteiger partial charge in [0, 0.05) is 6.54 Å². The summed E-state index contributed by atoms with van der Waals surface area (Å²) < 4.78 is 0. The monoisotopic (exact) mass is 312 g/mol. The summed E-state index contributed by atoms with van der Waals surface area (Å²) in [6, 6.07) is -0.411. The Kier molecular flexibility index (Phi) is 4.62. The molecule has 5 heteroatoms. The Bertz CT molecular complexity index is 428. The van der Waals surface area contributed by atoms with Crippen LogP contribution in [-0.4, -0.2) is 46.8 Å². The zero-order valence-corrected chi connectivity index (χ0v) is 14.7. The SMILES string of the molecule is CSCCCN1C(=O)C(C(C)(C)C)NC(=O)C1(C)C1CC1. The molecule has 2 amide bonds. The molecule has 1 aliphatic carbocycles. The molecule has 120 valence electrons. The zero-order chi connectivity index (χ0) is 15.8. The van der Waals surface area contributed by atoms with Gasteiger partial charge in [0.25, 0.3) is 0 Å². The summed E-state index contributed by atoms with van der Waals surface area (Å²) in [5.41, 5.74) is -0.896. The molecule has 1 aliphatic heterocycles. The average Bonchev–Trinajstić information content (AvgIpc) is 3.21. The van der Waals surface area contributed by atoms with E-state index in [4.69, 9.17) is 0 Å². The first-order chi connectivity index (χ1) is 9.72. The van der Waals surface area contributed by atoms with Crippen molar-refractivity contribution in [2.45, 2.75) is 58.5 Å². The Morgan fingerprint density at radius 2 is 1.95 bits per heavy atom. The molecule has 2 fully saturated rings. The third-order valence-corrected chi connectivity index (χ3v) is 5.47. The lowest BCUT2D eigenvalue weighted by Crippen LogP contribution is -2.72. The number of thioether (sulfide) groups is 1. The molecule has 0 bridgehead atoms. The first kappa shape index (κ1) is 16.7. The minimum Gasteiger partial charge on any atom is -0.342 e. The molecule has 21 heavy (non-hydrogen) atoms. The number of carbonyl (C=O) groups is 2. The van der Waals surface area contributed by atoms with Crippen molar-refractivity contribution in [1.29, 1.82) is 0 Å². The third-order valence-electron chi connectivity index (χ3n) is 4.78. The molecule has 0 radical (unpaired) electrons. The van der Waals surface area contributed by atoms with Gasteiger partial charge in [-0.3, -0.25) is 9.59 Å². The van der Waals surface area contributed by atoms with E-state index in [2.05, 4.69) is 11.6 Å². The molecular formula is C16H28N2O2S. The zero-order valence-electron chi connectivity index (χ0n) is 13.9. The van der Waals surface area contributed by atoms with E-state index in [1.165, 1.54) is 0 Å². The van der Waals surface area contributed by atoms with Crippen LogP contribution in [0.5, 0.6) is 0 Å². The van der Waals surface area contributed by atoms with Crippen LogP contribution in [0.4, 0.5) is 0 Å². The molecular weight excluding hydrogens is 284 g/mol. The molecule has 1 N–H and O–H groups in total. The van der Waals surface area contributed by atoms with Crippen molar-refractivity contribution >= 4 is 23.6 Å². The van der Waals surface area contributed by atoms with Crippen LogP contribution in [0.1, 0.15) is 47.0 Å². The van der Waals surface area contributed by atoms with Crippen LogP contribution >= 0.6 is 11.8 Å². The van der Waals surface area contributed by atoms with Gasteiger partial charge in [-0.2, -0.15) is 11.8 Å². The smallest absolute Gasteiger partial charge is 0.246 e. The van der Waals surface area contributed by atoms with Crippen LogP contribution in [0.3, 0.4) is 0 Å². The van der Waals surface area contributed by atoms with Crippen molar-refractivity contribution < 1.29 is 9.59 Å². The molecule has 0 aromatic rings. The molecule has 2 unspecified atom stereocenters. The lowest BCUT2D eigenvalue weighted by Gasteiger charge is -2.49. The van der Waals surface area contributed by atoms with Crippen LogP contribution in [0, 0.1) is 11.3 Å². The van der Waals surface area contributed by atoms with Crippen LogP contribution in [0.2, 0.25) is 0 Å². The van der Waals surface area contributed by atoms with Gasteiger partial charge < -0.3 is 10.2 Å². The maximum absolute atomic E-state index is 13.0. The molecule has 2 aliphatic rings. The van der Waals surface area contributed by atoms with E-state index in [-0.39, 0.29) is 17.2 Å². The summed E-state index contributed by atoms with van der Waals surface area (Å²) in [6.07, 6.45) is 5.12. The van der Waals surface area contributed by atoms with Gasteiger partial charge in [0.2, 0.25) is 11.8 Å². The van der Waals surface area contributed by atoms with E-state index in [9.17, 15) is 9.59 Å². The van der Waals surface area contributed by atoms with Crippen LogP contribution in [0.15, 0.2) is 0 Å². The first-order valence-corrected chi connectivity index (χ1v) is 9.23. The summed E-state index contributed by atoms with van der Waals surface area (Å²) in [6.45, 7) is 8.67. The fourth-order valence-corrected chi connectivity index (χ4v) is 3.61. The van der Waals surface area contributed by atoms with Gasteiger partial charge >= 0.3 is 0 Å².